The molecule has 1 rings (SSSR count). The number of phenols is 1. The third-order valence-corrected chi connectivity index (χ3v) is 4.98. The van der Waals surface area contributed by atoms with E-state index >= 15 is 0 Å². The van der Waals surface area contributed by atoms with Gasteiger partial charge in [-0.3, -0.25) is 0 Å². The molecule has 1 atom stereocenters. The van der Waals surface area contributed by atoms with E-state index in [9.17, 15) is 5.11 Å². The van der Waals surface area contributed by atoms with E-state index in [2.05, 4.69) is 13.8 Å². The van der Waals surface area contributed by atoms with E-state index in [0.29, 0.717) is 11.0 Å². The third-order valence-electron chi connectivity index (χ3n) is 4.44. The van der Waals surface area contributed by atoms with Crippen molar-refractivity contribution in [3.63, 3.8) is 0 Å². The second-order valence-corrected chi connectivity index (χ2v) is 7.15. The van der Waals surface area contributed by atoms with Crippen molar-refractivity contribution in [1.82, 2.24) is 0 Å². The molecule has 126 valence electrons. The first-order chi connectivity index (χ1) is 10.6. The number of thiol groups is 1. The van der Waals surface area contributed by atoms with E-state index in [-0.39, 0.29) is 0 Å². The Morgan fingerprint density at radius 2 is 1.45 bits per heavy atom. The van der Waals surface area contributed by atoms with Crippen molar-refractivity contribution in [3.05, 3.63) is 29.3 Å². The quantitative estimate of drug-likeness (QED) is 0.314. The normalized spacial score (nSPS) is 12.5. The molecule has 0 amide bonds. The van der Waals surface area contributed by atoms with Gasteiger partial charge in [0.15, 0.2) is 0 Å². The van der Waals surface area contributed by atoms with Crippen molar-refractivity contribution in [2.75, 3.05) is 0 Å². The Bertz CT molecular complexity index is 403. The van der Waals surface area contributed by atoms with E-state index in [1.165, 1.54) is 69.8 Å². The van der Waals surface area contributed by atoms with Crippen molar-refractivity contribution in [2.24, 2.45) is 0 Å². The van der Waals surface area contributed by atoms with E-state index in [4.69, 9.17) is 12.6 Å². The van der Waals surface area contributed by atoms with E-state index < -0.39 is 0 Å². The van der Waals surface area contributed by atoms with Gasteiger partial charge in [0.05, 0.1) is 0 Å². The minimum atomic E-state index is 0.301. The summed E-state index contributed by atoms with van der Waals surface area (Å²) in [5, 5.41) is 9.76. The monoisotopic (exact) mass is 322 g/mol. The highest BCUT2D eigenvalue weighted by molar-refractivity contribution is 7.80. The molecular weight excluding hydrogens is 288 g/mol. The van der Waals surface area contributed by atoms with Gasteiger partial charge >= 0.3 is 0 Å². The van der Waals surface area contributed by atoms with E-state index in [0.717, 1.165) is 12.0 Å². The second-order valence-electron chi connectivity index (χ2n) is 6.53. The molecule has 0 saturated carbocycles. The smallest absolute Gasteiger partial charge is 0.115 e. The van der Waals surface area contributed by atoms with Crippen molar-refractivity contribution >= 4 is 12.6 Å². The van der Waals surface area contributed by atoms with Crippen molar-refractivity contribution in [2.45, 2.75) is 89.7 Å². The van der Waals surface area contributed by atoms with Crippen LogP contribution in [0.25, 0.3) is 0 Å². The molecule has 1 aromatic rings. The van der Waals surface area contributed by atoms with Crippen LogP contribution in [0.2, 0.25) is 0 Å². The summed E-state index contributed by atoms with van der Waals surface area (Å²) in [7, 11) is 0. The van der Waals surface area contributed by atoms with Crippen molar-refractivity contribution in [3.8, 4) is 5.75 Å². The summed E-state index contributed by atoms with van der Waals surface area (Å²) in [4.78, 5) is 0. The maximum atomic E-state index is 9.46. The van der Waals surface area contributed by atoms with Crippen LogP contribution in [0.5, 0.6) is 5.75 Å². The van der Waals surface area contributed by atoms with E-state index in [1.807, 2.05) is 12.1 Å². The average Bonchev–Trinajstić information content (AvgIpc) is 2.49. The number of unbranched alkanes of at least 4 members (excludes halogenated alkanes) is 9. The summed E-state index contributed by atoms with van der Waals surface area (Å²) in [5.74, 6) is 0.348. The van der Waals surface area contributed by atoms with Crippen LogP contribution in [0, 0.1) is 6.92 Å². The minimum Gasteiger partial charge on any atom is -0.508 e. The van der Waals surface area contributed by atoms with Gasteiger partial charge in [0.2, 0.25) is 0 Å². The fraction of sp³-hybridized carbons (Fsp3) is 0.700. The topological polar surface area (TPSA) is 20.2 Å². The molecule has 2 heteroatoms. The molecule has 0 heterocycles. The van der Waals surface area contributed by atoms with Crippen molar-refractivity contribution < 1.29 is 5.11 Å². The predicted molar refractivity (Wildman–Crippen MR) is 101 cm³/mol. The highest BCUT2D eigenvalue weighted by Gasteiger charge is 2.09. The first-order valence-corrected chi connectivity index (χ1v) is 9.64. The highest BCUT2D eigenvalue weighted by Crippen LogP contribution is 2.30. The van der Waals surface area contributed by atoms with Crippen LogP contribution in [0.15, 0.2) is 18.2 Å². The lowest BCUT2D eigenvalue weighted by Gasteiger charge is -2.14. The van der Waals surface area contributed by atoms with Gasteiger partial charge in [0.25, 0.3) is 0 Å². The van der Waals surface area contributed by atoms with Gasteiger partial charge in [-0.1, -0.05) is 77.2 Å². The van der Waals surface area contributed by atoms with Crippen LogP contribution in [0.1, 0.15) is 93.9 Å². The maximum absolute atomic E-state index is 9.46. The Hall–Kier alpha value is -0.630. The van der Waals surface area contributed by atoms with E-state index in [1.54, 1.807) is 6.07 Å². The van der Waals surface area contributed by atoms with Crippen LogP contribution < -0.4 is 0 Å². The molecule has 1 aromatic carbocycles. The zero-order chi connectivity index (χ0) is 16.2. The number of rotatable bonds is 12. The average molecular weight is 323 g/mol. The van der Waals surface area contributed by atoms with Gasteiger partial charge in [-0.15, -0.1) is 0 Å². The number of aromatic hydroxyl groups is 1. The highest BCUT2D eigenvalue weighted by atomic mass is 32.1. The maximum Gasteiger partial charge on any atom is 0.115 e. The summed E-state index contributed by atoms with van der Waals surface area (Å²) in [6, 6.07) is 5.61. The van der Waals surface area contributed by atoms with Gasteiger partial charge < -0.3 is 5.11 Å². The molecule has 0 fully saturated rings. The molecule has 0 bridgehead atoms. The zero-order valence-corrected chi connectivity index (χ0v) is 15.4. The Kier molecular flexibility index (Phi) is 10.5. The first-order valence-electron chi connectivity index (χ1n) is 9.12. The number of hydrogen-bond donors (Lipinski definition) is 2. The van der Waals surface area contributed by atoms with Crippen LogP contribution in [0.3, 0.4) is 0 Å². The summed E-state index contributed by atoms with van der Waals surface area (Å²) in [6.07, 6.45) is 14.9. The lowest BCUT2D eigenvalue weighted by Crippen LogP contribution is -1.94. The standard InChI is InChI=1S/C20H34OS/c1-3-4-5-6-7-8-9-10-11-12-13-20(22)19-15-14-18(21)16-17(19)2/h14-16,20-22H,3-13H2,1-2H3. The van der Waals surface area contributed by atoms with Crippen LogP contribution >= 0.6 is 12.6 Å². The Labute approximate surface area is 142 Å². The summed E-state index contributed by atoms with van der Waals surface area (Å²) >= 11 is 4.73. The van der Waals surface area contributed by atoms with Gasteiger partial charge in [-0.25, -0.2) is 0 Å². The molecule has 0 spiro atoms. The number of phenolic OH excluding ortho intramolecular Hbond substituents is 1. The Balaban J connectivity index is 2.04. The number of hydrogen-bond acceptors (Lipinski definition) is 2. The fourth-order valence-corrected chi connectivity index (χ4v) is 3.49. The Morgan fingerprint density at radius 3 is 2.00 bits per heavy atom. The largest absolute Gasteiger partial charge is 0.508 e. The van der Waals surface area contributed by atoms with Gasteiger partial charge in [-0.05, 0) is 36.6 Å². The molecule has 0 radical (unpaired) electrons. The molecule has 0 aliphatic heterocycles. The molecule has 1 N–H and O–H groups in total. The molecule has 0 saturated heterocycles. The third kappa shape index (κ3) is 8.12. The fourth-order valence-electron chi connectivity index (χ4n) is 3.01. The molecule has 0 aromatic heterocycles. The van der Waals surface area contributed by atoms with Crippen LogP contribution in [-0.4, -0.2) is 5.11 Å². The van der Waals surface area contributed by atoms with Gasteiger partial charge in [0.1, 0.15) is 5.75 Å². The predicted octanol–water partition coefficient (Wildman–Crippen LogP) is 6.98. The molecule has 0 aliphatic rings. The molecular formula is C20H34OS. The van der Waals surface area contributed by atoms with Crippen molar-refractivity contribution in [1.29, 1.82) is 0 Å². The van der Waals surface area contributed by atoms with Crippen LogP contribution in [-0.2, 0) is 0 Å². The summed E-state index contributed by atoms with van der Waals surface area (Å²) < 4.78 is 0. The summed E-state index contributed by atoms with van der Waals surface area (Å²) in [6.45, 7) is 4.32. The summed E-state index contributed by atoms with van der Waals surface area (Å²) in [5.41, 5.74) is 2.41. The molecule has 22 heavy (non-hydrogen) atoms. The molecule has 0 aliphatic carbocycles. The van der Waals surface area contributed by atoms with Crippen LogP contribution in [0.4, 0.5) is 0 Å². The van der Waals surface area contributed by atoms with Gasteiger partial charge in [-0.2, -0.15) is 12.6 Å². The molecule has 1 nitrogen and oxygen atoms in total. The zero-order valence-electron chi connectivity index (χ0n) is 14.5. The minimum absolute atomic E-state index is 0.301. The lowest BCUT2D eigenvalue weighted by molar-refractivity contribution is 0.474. The number of benzene rings is 1. The number of aryl methyl sites for hydroxylation is 1. The SMILES string of the molecule is CCCCCCCCCCCCC(S)c1ccc(O)cc1C. The molecule has 1 unspecified atom stereocenters. The second kappa shape index (κ2) is 11.9. The first kappa shape index (κ1) is 19.4. The Morgan fingerprint density at radius 1 is 0.909 bits per heavy atom. The lowest BCUT2D eigenvalue weighted by atomic mass is 10.00. The van der Waals surface area contributed by atoms with Gasteiger partial charge in [0, 0.05) is 5.25 Å².